The Kier molecular flexibility index (Phi) is 4.14. The molecular formula is C23H16N4O2. The zero-order valence-electron chi connectivity index (χ0n) is 15.3. The van der Waals surface area contributed by atoms with Gasteiger partial charge in [0.2, 0.25) is 5.89 Å². The Balaban J connectivity index is 1.36. The van der Waals surface area contributed by atoms with Crippen molar-refractivity contribution >= 4 is 22.7 Å². The van der Waals surface area contributed by atoms with Gasteiger partial charge in [-0.2, -0.15) is 0 Å². The number of carbonyl (C=O) groups is 1. The van der Waals surface area contributed by atoms with E-state index in [4.69, 9.17) is 4.42 Å². The van der Waals surface area contributed by atoms with Crippen molar-refractivity contribution in [1.82, 2.24) is 14.5 Å². The van der Waals surface area contributed by atoms with Crippen LogP contribution in [-0.2, 0) is 0 Å². The summed E-state index contributed by atoms with van der Waals surface area (Å²) < 4.78 is 7.83. The highest BCUT2D eigenvalue weighted by Crippen LogP contribution is 2.26. The Morgan fingerprint density at radius 1 is 0.931 bits per heavy atom. The average molecular weight is 380 g/mol. The van der Waals surface area contributed by atoms with Gasteiger partial charge in [-0.15, -0.1) is 0 Å². The molecule has 2 aromatic carbocycles. The van der Waals surface area contributed by atoms with Gasteiger partial charge in [-0.1, -0.05) is 0 Å². The quantitative estimate of drug-likeness (QED) is 0.480. The minimum Gasteiger partial charge on any atom is -0.436 e. The molecule has 0 saturated heterocycles. The lowest BCUT2D eigenvalue weighted by Gasteiger charge is -2.07. The van der Waals surface area contributed by atoms with Crippen LogP contribution < -0.4 is 5.32 Å². The van der Waals surface area contributed by atoms with Crippen LogP contribution >= 0.6 is 0 Å². The maximum Gasteiger partial charge on any atom is 0.255 e. The number of carbonyl (C=O) groups excluding carboxylic acids is 1. The Hall–Kier alpha value is -4.19. The summed E-state index contributed by atoms with van der Waals surface area (Å²) in [5, 5.41) is 2.91. The Morgan fingerprint density at radius 3 is 2.45 bits per heavy atom. The number of aromatic nitrogens is 3. The number of anilines is 1. The summed E-state index contributed by atoms with van der Waals surface area (Å²) >= 11 is 0. The normalized spacial score (nSPS) is 10.9. The molecular weight excluding hydrogens is 364 g/mol. The number of nitrogens with one attached hydrogen (secondary N) is 1. The van der Waals surface area contributed by atoms with Gasteiger partial charge in [0.15, 0.2) is 5.58 Å². The van der Waals surface area contributed by atoms with Crippen LogP contribution in [0.3, 0.4) is 0 Å². The summed E-state index contributed by atoms with van der Waals surface area (Å²) in [7, 11) is 0. The van der Waals surface area contributed by atoms with Crippen molar-refractivity contribution in [3.05, 3.63) is 97.1 Å². The van der Waals surface area contributed by atoms with Gasteiger partial charge in [0.05, 0.1) is 0 Å². The van der Waals surface area contributed by atoms with Crippen LogP contribution in [0.5, 0.6) is 0 Å². The van der Waals surface area contributed by atoms with Crippen molar-refractivity contribution in [3.63, 3.8) is 0 Å². The van der Waals surface area contributed by atoms with E-state index in [-0.39, 0.29) is 5.91 Å². The lowest BCUT2D eigenvalue weighted by atomic mass is 10.2. The van der Waals surface area contributed by atoms with E-state index in [2.05, 4.69) is 15.3 Å². The third kappa shape index (κ3) is 3.39. The van der Waals surface area contributed by atoms with Crippen LogP contribution in [0.15, 0.2) is 95.9 Å². The fourth-order valence-electron chi connectivity index (χ4n) is 3.12. The van der Waals surface area contributed by atoms with Crippen LogP contribution in [0.4, 0.5) is 5.69 Å². The predicted molar refractivity (Wildman–Crippen MR) is 111 cm³/mol. The number of benzene rings is 2. The van der Waals surface area contributed by atoms with E-state index in [1.54, 1.807) is 30.6 Å². The van der Waals surface area contributed by atoms with Gasteiger partial charge in [-0.3, -0.25) is 9.78 Å². The first-order valence-corrected chi connectivity index (χ1v) is 9.12. The largest absolute Gasteiger partial charge is 0.436 e. The van der Waals surface area contributed by atoms with E-state index in [1.165, 1.54) is 0 Å². The Bertz CT molecular complexity index is 1270. The highest BCUT2D eigenvalue weighted by molar-refractivity contribution is 6.05. The molecule has 3 heterocycles. The van der Waals surface area contributed by atoms with Gasteiger partial charge in [0, 0.05) is 53.4 Å². The average Bonchev–Trinajstić information content (AvgIpc) is 3.44. The van der Waals surface area contributed by atoms with Gasteiger partial charge in [0.1, 0.15) is 5.52 Å². The number of hydrogen-bond donors (Lipinski definition) is 1. The first-order chi connectivity index (χ1) is 14.3. The van der Waals surface area contributed by atoms with Gasteiger partial charge in [-0.25, -0.2) is 4.98 Å². The topological polar surface area (TPSA) is 73.0 Å². The molecule has 0 spiro atoms. The monoisotopic (exact) mass is 380 g/mol. The molecule has 6 nitrogen and oxygen atoms in total. The second-order valence-electron chi connectivity index (χ2n) is 6.53. The number of hydrogen-bond acceptors (Lipinski definition) is 4. The molecule has 0 bridgehead atoms. The minimum atomic E-state index is -0.183. The van der Waals surface area contributed by atoms with Crippen molar-refractivity contribution in [2.75, 3.05) is 5.32 Å². The molecule has 5 aromatic rings. The minimum absolute atomic E-state index is 0.183. The van der Waals surface area contributed by atoms with E-state index in [9.17, 15) is 4.79 Å². The molecule has 140 valence electrons. The zero-order chi connectivity index (χ0) is 19.6. The molecule has 0 atom stereocenters. The standard InChI is InChI=1S/C23H16N4O2/c28-22(16-3-6-19(7-4-16)27-13-1-2-14-27)25-18-5-8-20-21(15-18)29-23(26-20)17-9-11-24-12-10-17/h1-15H,(H,25,28). The summed E-state index contributed by atoms with van der Waals surface area (Å²) in [6.07, 6.45) is 7.30. The van der Waals surface area contributed by atoms with Gasteiger partial charge >= 0.3 is 0 Å². The summed E-state index contributed by atoms with van der Waals surface area (Å²) in [4.78, 5) is 21.1. The van der Waals surface area contributed by atoms with Crippen molar-refractivity contribution in [3.8, 4) is 17.1 Å². The molecule has 3 aromatic heterocycles. The number of fused-ring (bicyclic) bond motifs is 1. The molecule has 0 radical (unpaired) electrons. The molecule has 1 amide bonds. The zero-order valence-corrected chi connectivity index (χ0v) is 15.3. The number of amides is 1. The summed E-state index contributed by atoms with van der Waals surface area (Å²) in [5.41, 5.74) is 4.41. The first kappa shape index (κ1) is 16.9. The fraction of sp³-hybridized carbons (Fsp3) is 0. The van der Waals surface area contributed by atoms with Crippen molar-refractivity contribution < 1.29 is 9.21 Å². The molecule has 0 aliphatic rings. The van der Waals surface area contributed by atoms with Crippen LogP contribution in [0.1, 0.15) is 10.4 Å². The highest BCUT2D eigenvalue weighted by atomic mass is 16.3. The maximum absolute atomic E-state index is 12.6. The molecule has 0 aliphatic heterocycles. The third-order valence-electron chi connectivity index (χ3n) is 4.61. The van der Waals surface area contributed by atoms with E-state index >= 15 is 0 Å². The van der Waals surface area contributed by atoms with Crippen molar-refractivity contribution in [1.29, 1.82) is 0 Å². The summed E-state index contributed by atoms with van der Waals surface area (Å²) in [6.45, 7) is 0. The number of pyridine rings is 1. The fourth-order valence-corrected chi connectivity index (χ4v) is 3.12. The van der Waals surface area contributed by atoms with Crippen LogP contribution in [0, 0.1) is 0 Å². The summed E-state index contributed by atoms with van der Waals surface area (Å²) in [5.74, 6) is 0.337. The first-order valence-electron chi connectivity index (χ1n) is 9.12. The maximum atomic E-state index is 12.6. The molecule has 5 rings (SSSR count). The molecule has 1 N–H and O–H groups in total. The highest BCUT2D eigenvalue weighted by Gasteiger charge is 2.11. The van der Waals surface area contributed by atoms with Crippen LogP contribution in [0.2, 0.25) is 0 Å². The number of nitrogens with zero attached hydrogens (tertiary/aromatic N) is 3. The van der Waals surface area contributed by atoms with E-state index in [0.717, 1.165) is 16.8 Å². The van der Waals surface area contributed by atoms with E-state index in [1.807, 2.05) is 65.5 Å². The molecule has 0 fully saturated rings. The van der Waals surface area contributed by atoms with Crippen LogP contribution in [-0.4, -0.2) is 20.4 Å². The SMILES string of the molecule is O=C(Nc1ccc2nc(-c3ccncc3)oc2c1)c1ccc(-n2cccc2)cc1. The van der Waals surface area contributed by atoms with Crippen molar-refractivity contribution in [2.45, 2.75) is 0 Å². The smallest absolute Gasteiger partial charge is 0.255 e. The van der Waals surface area contributed by atoms with Crippen molar-refractivity contribution in [2.24, 2.45) is 0 Å². The molecule has 29 heavy (non-hydrogen) atoms. The number of oxazole rings is 1. The third-order valence-corrected chi connectivity index (χ3v) is 4.61. The predicted octanol–water partition coefficient (Wildman–Crippen LogP) is 4.93. The Labute approximate surface area is 166 Å². The van der Waals surface area contributed by atoms with E-state index in [0.29, 0.717) is 22.7 Å². The molecule has 0 aliphatic carbocycles. The Morgan fingerprint density at radius 2 is 1.69 bits per heavy atom. The van der Waals surface area contributed by atoms with Gasteiger partial charge < -0.3 is 14.3 Å². The van der Waals surface area contributed by atoms with Gasteiger partial charge in [0.25, 0.3) is 5.91 Å². The number of rotatable bonds is 4. The lowest BCUT2D eigenvalue weighted by molar-refractivity contribution is 0.102. The van der Waals surface area contributed by atoms with Gasteiger partial charge in [-0.05, 0) is 60.7 Å². The lowest BCUT2D eigenvalue weighted by Crippen LogP contribution is -2.11. The second kappa shape index (κ2) is 7.09. The van der Waals surface area contributed by atoms with E-state index < -0.39 is 0 Å². The second-order valence-corrected chi connectivity index (χ2v) is 6.53. The summed E-state index contributed by atoms with van der Waals surface area (Å²) in [6, 6.07) is 20.4. The van der Waals surface area contributed by atoms with Crippen LogP contribution in [0.25, 0.3) is 28.2 Å². The molecule has 0 unspecified atom stereocenters. The molecule has 0 saturated carbocycles. The molecule has 6 heteroatoms.